The van der Waals surface area contributed by atoms with Crippen LogP contribution in [0.1, 0.15) is 16.3 Å². The fourth-order valence-electron chi connectivity index (χ4n) is 2.56. The van der Waals surface area contributed by atoms with Gasteiger partial charge in [-0.1, -0.05) is 22.9 Å². The maximum absolute atomic E-state index is 12.4. The molecule has 10 heteroatoms. The minimum atomic E-state index is -2.91. The Morgan fingerprint density at radius 2 is 1.90 bits per heavy atom. The molecule has 4 aromatic rings. The van der Waals surface area contributed by atoms with Gasteiger partial charge in [-0.05, 0) is 54.6 Å². The topological polar surface area (TPSA) is 73.6 Å². The summed E-state index contributed by atoms with van der Waals surface area (Å²) in [7, 11) is 0. The number of amides is 1. The van der Waals surface area contributed by atoms with E-state index in [2.05, 4.69) is 15.0 Å². The third-order valence-corrected chi connectivity index (χ3v) is 5.07. The molecule has 0 aliphatic rings. The molecule has 154 valence electrons. The Morgan fingerprint density at radius 3 is 2.67 bits per heavy atom. The van der Waals surface area contributed by atoms with Gasteiger partial charge in [0.15, 0.2) is 10.9 Å². The summed E-state index contributed by atoms with van der Waals surface area (Å²) in [5.41, 5.74) is 0.549. The number of hydrogen-bond acceptors (Lipinski definition) is 6. The van der Waals surface area contributed by atoms with Crippen LogP contribution in [0.4, 0.5) is 13.9 Å². The number of hydrogen-bond donors (Lipinski definition) is 1. The lowest BCUT2D eigenvalue weighted by atomic mass is 10.3. The highest BCUT2D eigenvalue weighted by Gasteiger charge is 2.15. The lowest BCUT2D eigenvalue weighted by molar-refractivity contribution is -0.0497. The van der Waals surface area contributed by atoms with E-state index < -0.39 is 12.5 Å². The van der Waals surface area contributed by atoms with Crippen molar-refractivity contribution in [1.82, 2.24) is 4.98 Å². The largest absolute Gasteiger partial charge is 0.486 e. The van der Waals surface area contributed by atoms with Crippen LogP contribution in [0.5, 0.6) is 11.5 Å². The maximum atomic E-state index is 12.4. The van der Waals surface area contributed by atoms with Crippen molar-refractivity contribution in [2.75, 3.05) is 5.32 Å². The first-order valence-electron chi connectivity index (χ1n) is 8.60. The molecule has 30 heavy (non-hydrogen) atoms. The van der Waals surface area contributed by atoms with Gasteiger partial charge in [-0.15, -0.1) is 0 Å². The Labute approximate surface area is 178 Å². The summed E-state index contributed by atoms with van der Waals surface area (Å²) in [5.74, 6) is 0.705. The molecule has 0 bridgehead atoms. The number of carbonyl (C=O) groups excluding carboxylic acids is 1. The molecule has 0 aliphatic carbocycles. The van der Waals surface area contributed by atoms with Gasteiger partial charge in [-0.2, -0.15) is 8.78 Å². The van der Waals surface area contributed by atoms with Crippen LogP contribution >= 0.6 is 22.9 Å². The molecule has 0 saturated heterocycles. The van der Waals surface area contributed by atoms with E-state index in [0.29, 0.717) is 31.9 Å². The number of carbonyl (C=O) groups is 1. The summed E-state index contributed by atoms with van der Waals surface area (Å²) in [6.45, 7) is -2.77. The summed E-state index contributed by atoms with van der Waals surface area (Å²) in [5, 5.41) is 3.54. The summed E-state index contributed by atoms with van der Waals surface area (Å²) >= 11 is 6.96. The molecule has 0 aliphatic heterocycles. The molecular weight excluding hydrogens is 438 g/mol. The standard InChI is InChI=1S/C20H13ClF2N2O4S/c21-11-1-3-12(4-2-11)27-10-14-6-8-16(28-14)18(26)25-20-24-15-7-5-13(29-19(22)23)9-17(15)30-20/h1-9,19H,10H2,(H,24,25,26). The zero-order chi connectivity index (χ0) is 21.1. The van der Waals surface area contributed by atoms with Crippen molar-refractivity contribution >= 4 is 44.2 Å². The first-order chi connectivity index (χ1) is 14.5. The number of benzene rings is 2. The Kier molecular flexibility index (Phi) is 5.82. The molecule has 0 unspecified atom stereocenters. The van der Waals surface area contributed by atoms with Gasteiger partial charge in [0.2, 0.25) is 0 Å². The molecule has 2 heterocycles. The molecule has 0 atom stereocenters. The Morgan fingerprint density at radius 1 is 1.13 bits per heavy atom. The predicted octanol–water partition coefficient (Wildman–Crippen LogP) is 5.98. The van der Waals surface area contributed by atoms with E-state index in [1.54, 1.807) is 30.3 Å². The number of anilines is 1. The van der Waals surface area contributed by atoms with Gasteiger partial charge in [0, 0.05) is 5.02 Å². The fourth-order valence-corrected chi connectivity index (χ4v) is 3.57. The van der Waals surface area contributed by atoms with Crippen molar-refractivity contribution in [2.24, 2.45) is 0 Å². The van der Waals surface area contributed by atoms with Gasteiger partial charge in [0.25, 0.3) is 5.91 Å². The van der Waals surface area contributed by atoms with E-state index in [-0.39, 0.29) is 18.1 Å². The molecule has 2 aromatic heterocycles. The number of aromatic nitrogens is 1. The Balaban J connectivity index is 1.39. The van der Waals surface area contributed by atoms with Crippen molar-refractivity contribution in [1.29, 1.82) is 0 Å². The zero-order valence-corrected chi connectivity index (χ0v) is 16.7. The lowest BCUT2D eigenvalue weighted by Gasteiger charge is -2.03. The molecule has 0 radical (unpaired) electrons. The van der Waals surface area contributed by atoms with Crippen molar-refractivity contribution in [3.8, 4) is 11.5 Å². The second-order valence-electron chi connectivity index (χ2n) is 5.99. The second-order valence-corrected chi connectivity index (χ2v) is 7.46. The van der Waals surface area contributed by atoms with Crippen LogP contribution in [0.25, 0.3) is 10.2 Å². The van der Waals surface area contributed by atoms with E-state index >= 15 is 0 Å². The monoisotopic (exact) mass is 450 g/mol. The number of alkyl halides is 2. The lowest BCUT2D eigenvalue weighted by Crippen LogP contribution is -2.10. The van der Waals surface area contributed by atoms with E-state index in [4.69, 9.17) is 20.8 Å². The highest BCUT2D eigenvalue weighted by molar-refractivity contribution is 7.22. The van der Waals surface area contributed by atoms with Crippen molar-refractivity contribution in [3.05, 3.63) is 71.1 Å². The van der Waals surface area contributed by atoms with Crippen LogP contribution in [0, 0.1) is 0 Å². The zero-order valence-electron chi connectivity index (χ0n) is 15.1. The molecular formula is C20H13ClF2N2O4S. The van der Waals surface area contributed by atoms with Gasteiger partial charge in [0.05, 0.1) is 10.2 Å². The highest BCUT2D eigenvalue weighted by atomic mass is 35.5. The van der Waals surface area contributed by atoms with Gasteiger partial charge in [-0.25, -0.2) is 4.98 Å². The molecule has 1 amide bonds. The molecule has 1 N–H and O–H groups in total. The van der Waals surface area contributed by atoms with E-state index in [1.165, 1.54) is 24.3 Å². The number of thiazole rings is 1. The maximum Gasteiger partial charge on any atom is 0.387 e. The molecule has 4 rings (SSSR count). The number of halogens is 3. The quantitative estimate of drug-likeness (QED) is 0.375. The number of furan rings is 1. The Bertz CT molecular complexity index is 1180. The number of nitrogens with zero attached hydrogens (tertiary/aromatic N) is 1. The van der Waals surface area contributed by atoms with Gasteiger partial charge in [-0.3, -0.25) is 10.1 Å². The van der Waals surface area contributed by atoms with Crippen LogP contribution in [-0.2, 0) is 6.61 Å². The van der Waals surface area contributed by atoms with Crippen LogP contribution in [-0.4, -0.2) is 17.5 Å². The molecule has 0 saturated carbocycles. The number of fused-ring (bicyclic) bond motifs is 1. The minimum Gasteiger partial charge on any atom is -0.486 e. The average Bonchev–Trinajstić information content (AvgIpc) is 3.33. The van der Waals surface area contributed by atoms with Crippen molar-refractivity contribution in [3.63, 3.8) is 0 Å². The third-order valence-electron chi connectivity index (χ3n) is 3.89. The fraction of sp³-hybridized carbons (Fsp3) is 0.100. The normalized spacial score (nSPS) is 11.1. The number of ether oxygens (including phenoxy) is 2. The number of nitrogens with one attached hydrogen (secondary N) is 1. The van der Waals surface area contributed by atoms with Crippen LogP contribution < -0.4 is 14.8 Å². The summed E-state index contributed by atoms with van der Waals surface area (Å²) < 4.78 is 40.7. The average molecular weight is 451 g/mol. The minimum absolute atomic E-state index is 0.0235. The summed E-state index contributed by atoms with van der Waals surface area (Å²) in [6.07, 6.45) is 0. The first kappa shape index (κ1) is 20.1. The van der Waals surface area contributed by atoms with Crippen LogP contribution in [0.2, 0.25) is 5.02 Å². The Hall–Kier alpha value is -3.17. The van der Waals surface area contributed by atoms with Crippen molar-refractivity contribution < 1.29 is 27.5 Å². The summed E-state index contributed by atoms with van der Waals surface area (Å²) in [6, 6.07) is 14.4. The van der Waals surface area contributed by atoms with E-state index in [1.807, 2.05) is 0 Å². The van der Waals surface area contributed by atoms with E-state index in [9.17, 15) is 13.6 Å². The SMILES string of the molecule is O=C(Nc1nc2ccc(OC(F)F)cc2s1)c1ccc(COc2ccc(Cl)cc2)o1. The highest BCUT2D eigenvalue weighted by Crippen LogP contribution is 2.30. The van der Waals surface area contributed by atoms with E-state index in [0.717, 1.165) is 11.3 Å². The number of rotatable bonds is 7. The van der Waals surface area contributed by atoms with Gasteiger partial charge < -0.3 is 13.9 Å². The molecule has 0 fully saturated rings. The van der Waals surface area contributed by atoms with Crippen LogP contribution in [0.3, 0.4) is 0 Å². The molecule has 2 aromatic carbocycles. The smallest absolute Gasteiger partial charge is 0.387 e. The molecule has 6 nitrogen and oxygen atoms in total. The third kappa shape index (κ3) is 4.87. The first-order valence-corrected chi connectivity index (χ1v) is 9.79. The van der Waals surface area contributed by atoms with Gasteiger partial charge >= 0.3 is 6.61 Å². The van der Waals surface area contributed by atoms with Gasteiger partial charge in [0.1, 0.15) is 23.9 Å². The summed E-state index contributed by atoms with van der Waals surface area (Å²) in [4.78, 5) is 16.7. The predicted molar refractivity (Wildman–Crippen MR) is 109 cm³/mol. The second kappa shape index (κ2) is 8.68. The van der Waals surface area contributed by atoms with Crippen LogP contribution in [0.15, 0.2) is 59.0 Å². The molecule has 0 spiro atoms. The van der Waals surface area contributed by atoms with Crippen molar-refractivity contribution in [2.45, 2.75) is 13.2 Å².